The number of halogens is 1. The van der Waals surface area contributed by atoms with Gasteiger partial charge in [0.2, 0.25) is 5.91 Å². The Balaban J connectivity index is 1.99. The van der Waals surface area contributed by atoms with Crippen molar-refractivity contribution in [2.75, 3.05) is 11.1 Å². The number of carbonyl (C=O) groups is 2. The number of benzene rings is 2. The zero-order valence-corrected chi connectivity index (χ0v) is 13.3. The molecule has 0 aliphatic carbocycles. The van der Waals surface area contributed by atoms with Gasteiger partial charge in [0.15, 0.2) is 0 Å². The van der Waals surface area contributed by atoms with Crippen LogP contribution in [0, 0.1) is 0 Å². The molecule has 21 heavy (non-hydrogen) atoms. The molecule has 6 heteroatoms. The molecule has 0 heterocycles. The van der Waals surface area contributed by atoms with Crippen LogP contribution in [-0.4, -0.2) is 22.7 Å². The van der Waals surface area contributed by atoms with Crippen LogP contribution in [0.3, 0.4) is 0 Å². The molecule has 0 bridgehead atoms. The van der Waals surface area contributed by atoms with Crippen molar-refractivity contribution in [3.8, 4) is 0 Å². The molecule has 4 nitrogen and oxygen atoms in total. The maximum absolute atomic E-state index is 11.9. The molecule has 0 aliphatic heterocycles. The topological polar surface area (TPSA) is 66.4 Å². The highest BCUT2D eigenvalue weighted by Crippen LogP contribution is 2.24. The molecule has 2 aromatic carbocycles. The lowest BCUT2D eigenvalue weighted by Gasteiger charge is -2.08. The van der Waals surface area contributed by atoms with Crippen molar-refractivity contribution >= 4 is 45.3 Å². The van der Waals surface area contributed by atoms with Crippen LogP contribution in [0.25, 0.3) is 0 Å². The molecule has 0 fully saturated rings. The first-order chi connectivity index (χ1) is 10.1. The third-order valence-corrected chi connectivity index (χ3v) is 4.30. The highest BCUT2D eigenvalue weighted by Gasteiger charge is 2.10. The fourth-order valence-corrected chi connectivity index (χ4v) is 2.67. The molecule has 2 rings (SSSR count). The predicted octanol–water partition coefficient (Wildman–Crippen LogP) is 3.88. The molecule has 0 saturated carbocycles. The Bertz CT molecular complexity index is 661. The first kappa shape index (κ1) is 15.6. The molecular formula is C15H12BrNO3S. The lowest BCUT2D eigenvalue weighted by atomic mass is 10.2. The third-order valence-electron chi connectivity index (χ3n) is 2.60. The normalized spacial score (nSPS) is 10.1. The van der Waals surface area contributed by atoms with E-state index in [0.717, 1.165) is 4.90 Å². The summed E-state index contributed by atoms with van der Waals surface area (Å²) < 4.78 is 0.644. The lowest BCUT2D eigenvalue weighted by Crippen LogP contribution is -2.14. The molecule has 0 unspecified atom stereocenters. The van der Waals surface area contributed by atoms with Gasteiger partial charge in [0.05, 0.1) is 17.0 Å². The minimum absolute atomic E-state index is 0.129. The van der Waals surface area contributed by atoms with E-state index < -0.39 is 5.97 Å². The van der Waals surface area contributed by atoms with E-state index in [1.165, 1.54) is 23.9 Å². The van der Waals surface area contributed by atoms with E-state index in [1.807, 2.05) is 30.3 Å². The van der Waals surface area contributed by atoms with Crippen molar-refractivity contribution in [2.45, 2.75) is 4.90 Å². The lowest BCUT2D eigenvalue weighted by molar-refractivity contribution is -0.113. The molecule has 0 radical (unpaired) electrons. The highest BCUT2D eigenvalue weighted by atomic mass is 79.9. The summed E-state index contributed by atoms with van der Waals surface area (Å²) >= 11 is 4.71. The number of carboxylic acids is 1. The summed E-state index contributed by atoms with van der Waals surface area (Å²) in [7, 11) is 0. The van der Waals surface area contributed by atoms with Gasteiger partial charge in [-0.3, -0.25) is 4.79 Å². The third kappa shape index (κ3) is 4.61. The number of amides is 1. The van der Waals surface area contributed by atoms with Gasteiger partial charge < -0.3 is 10.4 Å². The van der Waals surface area contributed by atoms with E-state index in [1.54, 1.807) is 6.07 Å². The van der Waals surface area contributed by atoms with Crippen LogP contribution in [0.15, 0.2) is 57.9 Å². The SMILES string of the molecule is O=C(CSc1ccccc1)Nc1cc(C(=O)O)ccc1Br. The van der Waals surface area contributed by atoms with Crippen molar-refractivity contribution in [1.29, 1.82) is 0 Å². The molecule has 108 valence electrons. The second kappa shape index (κ2) is 7.28. The Kier molecular flexibility index (Phi) is 5.41. The molecule has 0 spiro atoms. The van der Waals surface area contributed by atoms with Gasteiger partial charge in [-0.05, 0) is 46.3 Å². The molecule has 0 aliphatic rings. The van der Waals surface area contributed by atoms with E-state index in [9.17, 15) is 9.59 Å². The summed E-state index contributed by atoms with van der Waals surface area (Å²) in [6.45, 7) is 0. The number of hydrogen-bond donors (Lipinski definition) is 2. The standard InChI is InChI=1S/C15H12BrNO3S/c16-12-7-6-10(15(19)20)8-13(12)17-14(18)9-21-11-4-2-1-3-5-11/h1-8H,9H2,(H,17,18)(H,19,20). The van der Waals surface area contributed by atoms with Crippen LogP contribution in [0.1, 0.15) is 10.4 Å². The maximum Gasteiger partial charge on any atom is 0.335 e. The Hall–Kier alpha value is -1.79. The van der Waals surface area contributed by atoms with Crippen LogP contribution < -0.4 is 5.32 Å². The van der Waals surface area contributed by atoms with E-state index in [2.05, 4.69) is 21.2 Å². The molecule has 0 saturated heterocycles. The first-order valence-corrected chi connectivity index (χ1v) is 7.84. The summed E-state index contributed by atoms with van der Waals surface area (Å²) in [4.78, 5) is 23.9. The number of nitrogens with one attached hydrogen (secondary N) is 1. The number of rotatable bonds is 5. The van der Waals surface area contributed by atoms with Crippen LogP contribution in [0.5, 0.6) is 0 Å². The van der Waals surface area contributed by atoms with E-state index in [0.29, 0.717) is 10.2 Å². The summed E-state index contributed by atoms with van der Waals surface area (Å²) in [5, 5.41) is 11.7. The van der Waals surface area contributed by atoms with Gasteiger partial charge in [-0.1, -0.05) is 18.2 Å². The van der Waals surface area contributed by atoms with Gasteiger partial charge >= 0.3 is 5.97 Å². The molecule has 2 aromatic rings. The zero-order chi connectivity index (χ0) is 15.2. The Morgan fingerprint density at radius 1 is 1.14 bits per heavy atom. The average molecular weight is 366 g/mol. The predicted molar refractivity (Wildman–Crippen MR) is 86.9 cm³/mol. The van der Waals surface area contributed by atoms with Crippen LogP contribution >= 0.6 is 27.7 Å². The minimum atomic E-state index is -1.03. The zero-order valence-electron chi connectivity index (χ0n) is 10.9. The first-order valence-electron chi connectivity index (χ1n) is 6.07. The number of carbonyl (C=O) groups excluding carboxylic acids is 1. The summed E-state index contributed by atoms with van der Waals surface area (Å²) in [6.07, 6.45) is 0. The Morgan fingerprint density at radius 3 is 2.52 bits per heavy atom. The second-order valence-corrected chi connectivity index (χ2v) is 6.05. The largest absolute Gasteiger partial charge is 0.478 e. The monoisotopic (exact) mass is 365 g/mol. The second-order valence-electron chi connectivity index (χ2n) is 4.15. The van der Waals surface area contributed by atoms with Crippen LogP contribution in [-0.2, 0) is 4.79 Å². The summed E-state index contributed by atoms with van der Waals surface area (Å²) in [6, 6.07) is 14.1. The van der Waals surface area contributed by atoms with Gasteiger partial charge in [0, 0.05) is 9.37 Å². The smallest absolute Gasteiger partial charge is 0.335 e. The molecule has 0 aromatic heterocycles. The van der Waals surface area contributed by atoms with Crippen LogP contribution in [0.4, 0.5) is 5.69 Å². The number of thioether (sulfide) groups is 1. The number of anilines is 1. The number of aromatic carboxylic acids is 1. The quantitative estimate of drug-likeness (QED) is 0.789. The minimum Gasteiger partial charge on any atom is -0.478 e. The fourth-order valence-electron chi connectivity index (χ4n) is 1.61. The molecular weight excluding hydrogens is 354 g/mol. The fraction of sp³-hybridized carbons (Fsp3) is 0.0667. The van der Waals surface area contributed by atoms with E-state index in [4.69, 9.17) is 5.11 Å². The van der Waals surface area contributed by atoms with Crippen molar-refractivity contribution in [3.05, 3.63) is 58.6 Å². The van der Waals surface area contributed by atoms with Crippen molar-refractivity contribution in [1.82, 2.24) is 0 Å². The number of hydrogen-bond acceptors (Lipinski definition) is 3. The average Bonchev–Trinajstić information content (AvgIpc) is 2.48. The molecule has 0 atom stereocenters. The summed E-state index contributed by atoms with van der Waals surface area (Å²) in [5.74, 6) is -0.961. The molecule has 1 amide bonds. The van der Waals surface area contributed by atoms with Gasteiger partial charge in [0.25, 0.3) is 0 Å². The van der Waals surface area contributed by atoms with Gasteiger partial charge in [-0.15, -0.1) is 11.8 Å². The highest BCUT2D eigenvalue weighted by molar-refractivity contribution is 9.10. The molecule has 2 N–H and O–H groups in total. The van der Waals surface area contributed by atoms with Gasteiger partial charge in [-0.25, -0.2) is 4.79 Å². The maximum atomic E-state index is 11.9. The van der Waals surface area contributed by atoms with Gasteiger partial charge in [-0.2, -0.15) is 0 Å². The van der Waals surface area contributed by atoms with Gasteiger partial charge in [0.1, 0.15) is 0 Å². The van der Waals surface area contributed by atoms with E-state index in [-0.39, 0.29) is 17.2 Å². The van der Waals surface area contributed by atoms with E-state index >= 15 is 0 Å². The van der Waals surface area contributed by atoms with Crippen molar-refractivity contribution in [2.24, 2.45) is 0 Å². The summed E-state index contributed by atoms with van der Waals surface area (Å²) in [5.41, 5.74) is 0.581. The van der Waals surface area contributed by atoms with Crippen molar-refractivity contribution < 1.29 is 14.7 Å². The Labute approximate surface area is 134 Å². The van der Waals surface area contributed by atoms with Crippen molar-refractivity contribution in [3.63, 3.8) is 0 Å². The van der Waals surface area contributed by atoms with Crippen LogP contribution in [0.2, 0.25) is 0 Å². The number of carboxylic acid groups (broad SMARTS) is 1. The Morgan fingerprint density at radius 2 is 1.86 bits per heavy atom.